The number of benzene rings is 1. The Morgan fingerprint density at radius 2 is 1.81 bits per heavy atom. The summed E-state index contributed by atoms with van der Waals surface area (Å²) in [5.74, 6) is 0.603. The van der Waals surface area contributed by atoms with E-state index in [1.165, 1.54) is 0 Å². The van der Waals surface area contributed by atoms with E-state index in [1.54, 1.807) is 4.68 Å². The Bertz CT molecular complexity index is 978. The van der Waals surface area contributed by atoms with Crippen molar-refractivity contribution in [3.63, 3.8) is 0 Å². The molecule has 3 heterocycles. The van der Waals surface area contributed by atoms with Crippen LogP contribution in [0.4, 0.5) is 0 Å². The molecule has 2 fully saturated rings. The number of aryl methyl sites for hydroxylation is 1. The maximum atomic E-state index is 12.7. The van der Waals surface area contributed by atoms with Crippen molar-refractivity contribution in [2.45, 2.75) is 26.1 Å². The fourth-order valence-electron chi connectivity index (χ4n) is 4.02. The largest absolute Gasteiger partial charge is 0.297 e. The average molecular weight is 376 g/mol. The van der Waals surface area contributed by atoms with Gasteiger partial charge in [-0.15, -0.1) is 0 Å². The Hall–Kier alpha value is -1.77. The van der Waals surface area contributed by atoms with E-state index in [1.807, 2.05) is 31.2 Å². The molecule has 140 valence electrons. The predicted octanol–water partition coefficient (Wildman–Crippen LogP) is 0.467. The van der Waals surface area contributed by atoms with Gasteiger partial charge in [0.15, 0.2) is 9.84 Å². The van der Waals surface area contributed by atoms with Gasteiger partial charge in [-0.05, 0) is 19.4 Å². The lowest BCUT2D eigenvalue weighted by atomic mass is 10.1. The van der Waals surface area contributed by atoms with Crippen molar-refractivity contribution in [2.75, 3.05) is 37.7 Å². The summed E-state index contributed by atoms with van der Waals surface area (Å²) in [7, 11) is -2.85. The van der Waals surface area contributed by atoms with Gasteiger partial charge in [0.1, 0.15) is 0 Å². The van der Waals surface area contributed by atoms with Crippen LogP contribution < -0.4 is 5.56 Å². The fourth-order valence-corrected chi connectivity index (χ4v) is 5.78. The summed E-state index contributed by atoms with van der Waals surface area (Å²) in [4.78, 5) is 17.2. The van der Waals surface area contributed by atoms with Crippen LogP contribution >= 0.6 is 0 Å². The van der Waals surface area contributed by atoms with Crippen LogP contribution in [0, 0.1) is 6.92 Å². The van der Waals surface area contributed by atoms with E-state index >= 15 is 0 Å². The summed E-state index contributed by atoms with van der Waals surface area (Å²) in [5, 5.41) is 6.09. The van der Waals surface area contributed by atoms with Gasteiger partial charge in [-0.1, -0.05) is 18.2 Å². The first-order chi connectivity index (χ1) is 12.4. The second kappa shape index (κ2) is 6.75. The fraction of sp³-hybridized carbons (Fsp3) is 0.556. The van der Waals surface area contributed by atoms with Gasteiger partial charge in [0.25, 0.3) is 5.56 Å². The van der Waals surface area contributed by atoms with Gasteiger partial charge >= 0.3 is 0 Å². The van der Waals surface area contributed by atoms with E-state index < -0.39 is 9.84 Å². The molecular formula is C18H24N4O3S. The molecule has 1 aromatic carbocycles. The van der Waals surface area contributed by atoms with E-state index in [2.05, 4.69) is 14.9 Å². The topological polar surface area (TPSA) is 75.5 Å². The standard InChI is InChI=1S/C18H24N4O3S/c1-14-16-4-2-3-5-17(16)18(23)22(19-14)13-20-7-9-21(10-8-20)15-6-11-26(24,25)12-15/h2-5,15H,6-13H2,1H3. The van der Waals surface area contributed by atoms with Crippen molar-refractivity contribution < 1.29 is 8.42 Å². The Labute approximate surface area is 153 Å². The minimum atomic E-state index is -2.85. The molecule has 0 radical (unpaired) electrons. The van der Waals surface area contributed by atoms with Crippen molar-refractivity contribution in [3.05, 3.63) is 40.3 Å². The number of rotatable bonds is 3. The predicted molar refractivity (Wildman–Crippen MR) is 101 cm³/mol. The van der Waals surface area contributed by atoms with Gasteiger partial charge in [0.05, 0.1) is 29.3 Å². The summed E-state index contributed by atoms with van der Waals surface area (Å²) in [6, 6.07) is 7.73. The summed E-state index contributed by atoms with van der Waals surface area (Å²) < 4.78 is 24.9. The molecule has 1 aromatic heterocycles. The molecule has 1 atom stereocenters. The number of fused-ring (bicyclic) bond motifs is 1. The normalized spacial score (nSPS) is 24.3. The van der Waals surface area contributed by atoms with E-state index in [4.69, 9.17) is 0 Å². The van der Waals surface area contributed by atoms with Gasteiger partial charge in [0, 0.05) is 37.6 Å². The lowest BCUT2D eigenvalue weighted by molar-refractivity contribution is 0.0800. The molecule has 2 aliphatic rings. The molecular weight excluding hydrogens is 352 g/mol. The second-order valence-corrected chi connectivity index (χ2v) is 9.52. The zero-order valence-corrected chi connectivity index (χ0v) is 15.8. The van der Waals surface area contributed by atoms with Gasteiger partial charge in [-0.3, -0.25) is 14.6 Å². The minimum Gasteiger partial charge on any atom is -0.297 e. The summed E-state index contributed by atoms with van der Waals surface area (Å²) in [5.41, 5.74) is 0.797. The first-order valence-electron chi connectivity index (χ1n) is 9.06. The molecule has 0 amide bonds. The Morgan fingerprint density at radius 1 is 1.12 bits per heavy atom. The quantitative estimate of drug-likeness (QED) is 0.775. The third kappa shape index (κ3) is 3.41. The lowest BCUT2D eigenvalue weighted by Crippen LogP contribution is -2.51. The number of nitrogens with zero attached hydrogens (tertiary/aromatic N) is 4. The highest BCUT2D eigenvalue weighted by Gasteiger charge is 2.33. The zero-order valence-electron chi connectivity index (χ0n) is 15.0. The van der Waals surface area contributed by atoms with Crippen molar-refractivity contribution in [2.24, 2.45) is 0 Å². The molecule has 8 heteroatoms. The molecule has 2 aliphatic heterocycles. The van der Waals surface area contributed by atoms with Crippen molar-refractivity contribution in [3.8, 4) is 0 Å². The lowest BCUT2D eigenvalue weighted by Gasteiger charge is -2.37. The van der Waals surface area contributed by atoms with Gasteiger partial charge < -0.3 is 0 Å². The summed E-state index contributed by atoms with van der Waals surface area (Å²) in [6.45, 7) is 5.70. The first kappa shape index (κ1) is 17.6. The maximum Gasteiger partial charge on any atom is 0.275 e. The van der Waals surface area contributed by atoms with Crippen molar-refractivity contribution in [1.82, 2.24) is 19.6 Å². The summed E-state index contributed by atoms with van der Waals surface area (Å²) in [6.07, 6.45) is 0.743. The highest BCUT2D eigenvalue weighted by atomic mass is 32.2. The zero-order chi connectivity index (χ0) is 18.3. The van der Waals surface area contributed by atoms with Crippen LogP contribution in [0.25, 0.3) is 10.8 Å². The molecule has 0 saturated carbocycles. The van der Waals surface area contributed by atoms with Crippen LogP contribution in [0.5, 0.6) is 0 Å². The smallest absolute Gasteiger partial charge is 0.275 e. The molecule has 2 saturated heterocycles. The van der Waals surface area contributed by atoms with Crippen LogP contribution in [0.2, 0.25) is 0 Å². The van der Waals surface area contributed by atoms with Gasteiger partial charge in [-0.2, -0.15) is 5.10 Å². The highest BCUT2D eigenvalue weighted by molar-refractivity contribution is 7.91. The number of aromatic nitrogens is 2. The molecule has 4 rings (SSSR count). The molecule has 1 unspecified atom stereocenters. The molecule has 0 bridgehead atoms. The number of piperazine rings is 1. The number of hydrogen-bond donors (Lipinski definition) is 0. The van der Waals surface area contributed by atoms with Gasteiger partial charge in [-0.25, -0.2) is 13.1 Å². The van der Waals surface area contributed by atoms with E-state index in [0.29, 0.717) is 17.8 Å². The molecule has 26 heavy (non-hydrogen) atoms. The average Bonchev–Trinajstić information content (AvgIpc) is 3.00. The molecule has 0 N–H and O–H groups in total. The van der Waals surface area contributed by atoms with Crippen molar-refractivity contribution >= 4 is 20.6 Å². The molecule has 0 aliphatic carbocycles. The Kier molecular flexibility index (Phi) is 4.58. The highest BCUT2D eigenvalue weighted by Crippen LogP contribution is 2.19. The Balaban J connectivity index is 1.44. The second-order valence-electron chi connectivity index (χ2n) is 7.29. The van der Waals surface area contributed by atoms with Crippen LogP contribution in [0.1, 0.15) is 12.1 Å². The molecule has 2 aromatic rings. The monoisotopic (exact) mass is 376 g/mol. The molecule has 0 spiro atoms. The van der Waals surface area contributed by atoms with E-state index in [0.717, 1.165) is 43.7 Å². The van der Waals surface area contributed by atoms with E-state index in [9.17, 15) is 13.2 Å². The summed E-state index contributed by atoms with van der Waals surface area (Å²) >= 11 is 0. The van der Waals surface area contributed by atoms with Crippen molar-refractivity contribution in [1.29, 1.82) is 0 Å². The Morgan fingerprint density at radius 3 is 2.46 bits per heavy atom. The van der Waals surface area contributed by atoms with Crippen LogP contribution in [-0.4, -0.2) is 71.7 Å². The number of sulfone groups is 1. The number of hydrogen-bond acceptors (Lipinski definition) is 6. The third-order valence-corrected chi connectivity index (χ3v) is 7.27. The first-order valence-corrected chi connectivity index (χ1v) is 10.9. The van der Waals surface area contributed by atoms with Crippen LogP contribution in [-0.2, 0) is 16.5 Å². The van der Waals surface area contributed by atoms with E-state index in [-0.39, 0.29) is 17.4 Å². The SMILES string of the molecule is Cc1nn(CN2CCN(C3CCS(=O)(=O)C3)CC2)c(=O)c2ccccc12. The van der Waals surface area contributed by atoms with Gasteiger partial charge in [0.2, 0.25) is 0 Å². The maximum absolute atomic E-state index is 12.7. The van der Waals surface area contributed by atoms with Crippen LogP contribution in [0.3, 0.4) is 0 Å². The van der Waals surface area contributed by atoms with Crippen LogP contribution in [0.15, 0.2) is 29.1 Å². The minimum absolute atomic E-state index is 0.0597. The molecule has 7 nitrogen and oxygen atoms in total. The third-order valence-electron chi connectivity index (χ3n) is 5.52.